The fraction of sp³-hybridized carbons (Fsp3) is 0.300. The van der Waals surface area contributed by atoms with Crippen molar-refractivity contribution in [3.8, 4) is 11.5 Å². The Kier molecular flexibility index (Phi) is 14.1. The van der Waals surface area contributed by atoms with Crippen LogP contribution in [-0.4, -0.2) is 75.8 Å². The molecule has 0 saturated heterocycles. The van der Waals surface area contributed by atoms with Crippen molar-refractivity contribution in [1.29, 1.82) is 0 Å². The molecular formula is C40H44N6O9. The number of aryl methyl sites for hydroxylation is 1. The van der Waals surface area contributed by atoms with Crippen LogP contribution in [0.25, 0.3) is 0 Å². The minimum absolute atomic E-state index is 0.0250. The van der Waals surface area contributed by atoms with Gasteiger partial charge < -0.3 is 41.0 Å². The van der Waals surface area contributed by atoms with E-state index >= 15 is 0 Å². The largest absolute Gasteiger partial charge is 0.481 e. The molecule has 0 saturated carbocycles. The molecule has 288 valence electrons. The summed E-state index contributed by atoms with van der Waals surface area (Å²) in [6.07, 6.45) is 2.28. The Morgan fingerprint density at radius 2 is 1.60 bits per heavy atom. The van der Waals surface area contributed by atoms with E-state index in [4.69, 9.17) is 9.47 Å². The standard InChI is InChI=1S/C40H44N6O9/c1-26-8-2-3-10-31(26)45-40(53)42-29-15-12-27(13-16-29)20-36(47)43-32(11-5-7-19-46(24-38(50)51)23-30-9-4-6-18-41-30)39(52)44-33(22-37(48)49)28-14-17-34-35(21-28)55-25-54-34/h2-4,6,8-10,12-18,21,32-33H,5,7,11,19-20,22-25H2,1H3,(H,43,47)(H,44,52)(H,48,49)(H,50,51)(H2,42,45,53)/t32-,33-/m0/s1. The van der Waals surface area contributed by atoms with Crippen molar-refractivity contribution in [1.82, 2.24) is 20.5 Å². The summed E-state index contributed by atoms with van der Waals surface area (Å²) in [6, 6.07) is 22.0. The number of urea groups is 1. The van der Waals surface area contributed by atoms with E-state index in [1.54, 1.807) is 65.7 Å². The highest BCUT2D eigenvalue weighted by atomic mass is 16.7. The van der Waals surface area contributed by atoms with Gasteiger partial charge in [-0.05, 0) is 91.9 Å². The van der Waals surface area contributed by atoms with Crippen molar-refractivity contribution >= 4 is 41.2 Å². The molecule has 15 nitrogen and oxygen atoms in total. The number of aromatic nitrogens is 1. The lowest BCUT2D eigenvalue weighted by atomic mass is 10.0. The third-order valence-corrected chi connectivity index (χ3v) is 8.80. The van der Waals surface area contributed by atoms with E-state index in [0.29, 0.717) is 59.9 Å². The van der Waals surface area contributed by atoms with Gasteiger partial charge in [0.1, 0.15) is 6.04 Å². The number of hydrogen-bond acceptors (Lipinski definition) is 9. The van der Waals surface area contributed by atoms with Crippen molar-refractivity contribution in [3.63, 3.8) is 0 Å². The summed E-state index contributed by atoms with van der Waals surface area (Å²) in [5.41, 5.74) is 3.95. The second kappa shape index (κ2) is 19.6. The van der Waals surface area contributed by atoms with E-state index in [1.165, 1.54) is 0 Å². The van der Waals surface area contributed by atoms with Crippen molar-refractivity contribution < 1.29 is 43.7 Å². The molecule has 3 aromatic carbocycles. The number of carbonyl (C=O) groups is 5. The van der Waals surface area contributed by atoms with Crippen LogP contribution in [0.4, 0.5) is 16.2 Å². The van der Waals surface area contributed by atoms with Gasteiger partial charge in [0.15, 0.2) is 11.5 Å². The highest BCUT2D eigenvalue weighted by Crippen LogP contribution is 2.35. The molecule has 6 N–H and O–H groups in total. The van der Waals surface area contributed by atoms with E-state index in [-0.39, 0.29) is 26.2 Å². The van der Waals surface area contributed by atoms with Crippen LogP contribution in [0, 0.1) is 6.92 Å². The molecule has 55 heavy (non-hydrogen) atoms. The summed E-state index contributed by atoms with van der Waals surface area (Å²) in [5, 5.41) is 30.3. The first-order valence-corrected chi connectivity index (χ1v) is 17.8. The van der Waals surface area contributed by atoms with Crippen LogP contribution in [0.2, 0.25) is 0 Å². The van der Waals surface area contributed by atoms with Crippen molar-refractivity contribution in [2.24, 2.45) is 0 Å². The summed E-state index contributed by atoms with van der Waals surface area (Å²) in [4.78, 5) is 69.2. The molecule has 1 aliphatic rings. The van der Waals surface area contributed by atoms with Crippen LogP contribution in [0.1, 0.15) is 54.1 Å². The van der Waals surface area contributed by atoms with Crippen molar-refractivity contribution in [3.05, 3.63) is 114 Å². The molecule has 0 unspecified atom stereocenters. The fourth-order valence-electron chi connectivity index (χ4n) is 6.04. The Bertz CT molecular complexity index is 1960. The maximum absolute atomic E-state index is 13.8. The molecule has 4 amide bonds. The lowest BCUT2D eigenvalue weighted by molar-refractivity contribution is -0.139. The predicted molar refractivity (Wildman–Crippen MR) is 203 cm³/mol. The minimum atomic E-state index is -1.14. The number of nitrogens with one attached hydrogen (secondary N) is 4. The average molecular weight is 753 g/mol. The van der Waals surface area contributed by atoms with Crippen LogP contribution in [0.5, 0.6) is 11.5 Å². The summed E-state index contributed by atoms with van der Waals surface area (Å²) in [7, 11) is 0. The number of pyridine rings is 1. The molecule has 0 bridgehead atoms. The molecule has 2 heterocycles. The van der Waals surface area contributed by atoms with Gasteiger partial charge in [-0.2, -0.15) is 0 Å². The second-order valence-corrected chi connectivity index (χ2v) is 13.1. The molecule has 4 aromatic rings. The van der Waals surface area contributed by atoms with Gasteiger partial charge in [0, 0.05) is 24.1 Å². The van der Waals surface area contributed by atoms with Gasteiger partial charge in [0.25, 0.3) is 0 Å². The Morgan fingerprint density at radius 1 is 0.836 bits per heavy atom. The van der Waals surface area contributed by atoms with E-state index in [2.05, 4.69) is 26.3 Å². The normalized spacial score (nSPS) is 12.7. The smallest absolute Gasteiger partial charge is 0.323 e. The summed E-state index contributed by atoms with van der Waals surface area (Å²) < 4.78 is 10.8. The van der Waals surface area contributed by atoms with Crippen LogP contribution in [0.3, 0.4) is 0 Å². The number of unbranched alkanes of at least 4 members (excludes halogenated alkanes) is 1. The number of carbonyl (C=O) groups excluding carboxylic acids is 3. The van der Waals surface area contributed by atoms with Gasteiger partial charge >= 0.3 is 18.0 Å². The number of fused-ring (bicyclic) bond motifs is 1. The highest BCUT2D eigenvalue weighted by molar-refractivity contribution is 6.00. The fourth-order valence-corrected chi connectivity index (χ4v) is 6.04. The Morgan fingerprint density at radius 3 is 2.33 bits per heavy atom. The lowest BCUT2D eigenvalue weighted by Crippen LogP contribution is -2.48. The summed E-state index contributed by atoms with van der Waals surface area (Å²) in [5.74, 6) is -2.21. The van der Waals surface area contributed by atoms with Crippen molar-refractivity contribution in [2.45, 2.75) is 57.7 Å². The zero-order valence-electron chi connectivity index (χ0n) is 30.3. The molecule has 0 fully saturated rings. The first kappa shape index (κ1) is 39.7. The number of para-hydroxylation sites is 1. The third-order valence-electron chi connectivity index (χ3n) is 8.80. The van der Waals surface area contributed by atoms with Crippen LogP contribution < -0.4 is 30.7 Å². The zero-order chi connectivity index (χ0) is 39.2. The number of carboxylic acid groups (broad SMARTS) is 2. The number of benzene rings is 3. The summed E-state index contributed by atoms with van der Waals surface area (Å²) >= 11 is 0. The van der Waals surface area contributed by atoms with E-state index < -0.39 is 48.3 Å². The minimum Gasteiger partial charge on any atom is -0.481 e. The number of hydrogen-bond donors (Lipinski definition) is 6. The molecule has 15 heteroatoms. The Labute approximate surface area is 318 Å². The monoisotopic (exact) mass is 752 g/mol. The molecular weight excluding hydrogens is 708 g/mol. The van der Waals surface area contributed by atoms with Gasteiger partial charge in [-0.15, -0.1) is 0 Å². The van der Waals surface area contributed by atoms with Gasteiger partial charge in [-0.3, -0.25) is 29.1 Å². The van der Waals surface area contributed by atoms with Crippen LogP contribution in [-0.2, 0) is 32.1 Å². The number of ether oxygens (including phenoxy) is 2. The first-order chi connectivity index (χ1) is 26.5. The molecule has 5 rings (SSSR count). The second-order valence-electron chi connectivity index (χ2n) is 13.1. The number of carboxylic acids is 2. The quantitative estimate of drug-likeness (QED) is 0.0712. The molecule has 0 radical (unpaired) electrons. The average Bonchev–Trinajstić information content (AvgIpc) is 3.62. The van der Waals surface area contributed by atoms with Gasteiger partial charge in [-0.25, -0.2) is 4.79 Å². The van der Waals surface area contributed by atoms with E-state index in [9.17, 15) is 34.2 Å². The molecule has 0 aliphatic carbocycles. The van der Waals surface area contributed by atoms with Gasteiger partial charge in [-0.1, -0.05) is 42.5 Å². The highest BCUT2D eigenvalue weighted by Gasteiger charge is 2.27. The third kappa shape index (κ3) is 12.6. The number of anilines is 2. The number of amides is 4. The Hall–Kier alpha value is -6.48. The van der Waals surface area contributed by atoms with E-state index in [0.717, 1.165) is 11.3 Å². The van der Waals surface area contributed by atoms with Gasteiger partial charge in [0.2, 0.25) is 18.6 Å². The molecule has 1 aromatic heterocycles. The van der Waals surface area contributed by atoms with Crippen LogP contribution >= 0.6 is 0 Å². The molecule has 0 spiro atoms. The van der Waals surface area contributed by atoms with Crippen molar-refractivity contribution in [2.75, 3.05) is 30.5 Å². The molecule has 2 atom stereocenters. The maximum Gasteiger partial charge on any atom is 0.323 e. The zero-order valence-corrected chi connectivity index (χ0v) is 30.3. The summed E-state index contributed by atoms with van der Waals surface area (Å²) in [6.45, 7) is 2.43. The van der Waals surface area contributed by atoms with Crippen LogP contribution in [0.15, 0.2) is 91.1 Å². The molecule has 1 aliphatic heterocycles. The number of rotatable bonds is 19. The topological polar surface area (TPSA) is 209 Å². The Balaban J connectivity index is 1.23. The number of nitrogens with zero attached hydrogens (tertiary/aromatic N) is 2. The van der Waals surface area contributed by atoms with E-state index in [1.807, 2.05) is 37.3 Å². The number of aliphatic carboxylic acids is 2. The van der Waals surface area contributed by atoms with Gasteiger partial charge in [0.05, 0.1) is 31.1 Å². The maximum atomic E-state index is 13.8. The predicted octanol–water partition coefficient (Wildman–Crippen LogP) is 4.88. The first-order valence-electron chi connectivity index (χ1n) is 17.8. The SMILES string of the molecule is Cc1ccccc1NC(=O)Nc1ccc(CC(=O)N[C@@H](CCCCN(CC(=O)O)Cc2ccccn2)C(=O)N[C@@H](CC(=O)O)c2ccc3c(c2)OCO3)cc1. The lowest BCUT2D eigenvalue weighted by Gasteiger charge is -2.24.